The molecule has 1 N–H and O–H groups in total. The lowest BCUT2D eigenvalue weighted by Crippen LogP contribution is -2.24. The van der Waals surface area contributed by atoms with Gasteiger partial charge in [0.25, 0.3) is 0 Å². The first kappa shape index (κ1) is 12.9. The molecule has 0 aliphatic carbocycles. The molecule has 0 saturated carbocycles. The van der Waals surface area contributed by atoms with E-state index in [0.717, 1.165) is 43.4 Å². The molecule has 0 aromatic heterocycles. The summed E-state index contributed by atoms with van der Waals surface area (Å²) < 4.78 is 16.5. The second-order valence-electron chi connectivity index (χ2n) is 4.94. The van der Waals surface area contributed by atoms with Crippen molar-refractivity contribution in [1.29, 1.82) is 0 Å². The first-order chi connectivity index (χ1) is 9.33. The van der Waals surface area contributed by atoms with Gasteiger partial charge in [-0.1, -0.05) is 11.6 Å². The molecule has 1 aromatic rings. The fourth-order valence-electron chi connectivity index (χ4n) is 2.42. The molecule has 5 heteroatoms. The third-order valence-electron chi connectivity index (χ3n) is 3.47. The SMILES string of the molecule is Clc1cc2c(cc1NCC1CCCOC1)OCCO2. The molecule has 1 saturated heterocycles. The maximum atomic E-state index is 6.25. The lowest BCUT2D eigenvalue weighted by molar-refractivity contribution is 0.0595. The second-order valence-corrected chi connectivity index (χ2v) is 5.35. The van der Waals surface area contributed by atoms with Crippen LogP contribution in [0.3, 0.4) is 0 Å². The van der Waals surface area contributed by atoms with Gasteiger partial charge >= 0.3 is 0 Å². The quantitative estimate of drug-likeness (QED) is 0.926. The largest absolute Gasteiger partial charge is 0.486 e. The van der Waals surface area contributed by atoms with Crippen LogP contribution in [-0.2, 0) is 4.74 Å². The Labute approximate surface area is 118 Å². The minimum atomic E-state index is 0.554. The summed E-state index contributed by atoms with van der Waals surface area (Å²) in [6.07, 6.45) is 2.34. The molecule has 2 aliphatic rings. The number of anilines is 1. The highest BCUT2D eigenvalue weighted by Gasteiger charge is 2.17. The molecule has 0 radical (unpaired) electrons. The van der Waals surface area contributed by atoms with Gasteiger partial charge in [-0.25, -0.2) is 0 Å². The van der Waals surface area contributed by atoms with Crippen molar-refractivity contribution in [1.82, 2.24) is 0 Å². The van der Waals surface area contributed by atoms with Crippen molar-refractivity contribution >= 4 is 17.3 Å². The number of rotatable bonds is 3. The number of fused-ring (bicyclic) bond motifs is 1. The van der Waals surface area contributed by atoms with Gasteiger partial charge in [0.1, 0.15) is 13.2 Å². The summed E-state index contributed by atoms with van der Waals surface area (Å²) in [4.78, 5) is 0. The summed E-state index contributed by atoms with van der Waals surface area (Å²) in [6, 6.07) is 3.73. The molecule has 1 atom stereocenters. The minimum absolute atomic E-state index is 0.554. The van der Waals surface area contributed by atoms with Gasteiger partial charge in [-0.3, -0.25) is 0 Å². The second kappa shape index (κ2) is 5.88. The smallest absolute Gasteiger partial charge is 0.163 e. The standard InChI is InChI=1S/C14H18ClNO3/c15-11-6-13-14(19-5-4-18-13)7-12(11)16-8-10-2-1-3-17-9-10/h6-7,10,16H,1-5,8-9H2. The zero-order valence-corrected chi connectivity index (χ0v) is 11.5. The van der Waals surface area contributed by atoms with E-state index in [2.05, 4.69) is 5.32 Å². The summed E-state index contributed by atoms with van der Waals surface area (Å²) in [7, 11) is 0. The van der Waals surface area contributed by atoms with Gasteiger partial charge in [0.15, 0.2) is 11.5 Å². The molecule has 3 rings (SSSR count). The predicted octanol–water partition coefficient (Wildman–Crippen LogP) is 2.95. The number of benzene rings is 1. The molecule has 0 spiro atoms. The van der Waals surface area contributed by atoms with Crippen molar-refractivity contribution in [3.05, 3.63) is 17.2 Å². The molecule has 2 heterocycles. The molecule has 104 valence electrons. The van der Waals surface area contributed by atoms with Crippen LogP contribution in [0.4, 0.5) is 5.69 Å². The van der Waals surface area contributed by atoms with Crippen molar-refractivity contribution in [2.75, 3.05) is 38.3 Å². The van der Waals surface area contributed by atoms with Crippen LogP contribution in [-0.4, -0.2) is 33.0 Å². The van der Waals surface area contributed by atoms with Crippen LogP contribution < -0.4 is 14.8 Å². The van der Waals surface area contributed by atoms with Gasteiger partial charge in [0.2, 0.25) is 0 Å². The lowest BCUT2D eigenvalue weighted by Gasteiger charge is -2.24. The molecular weight excluding hydrogens is 266 g/mol. The van der Waals surface area contributed by atoms with Gasteiger partial charge in [-0.15, -0.1) is 0 Å². The number of ether oxygens (including phenoxy) is 3. The van der Waals surface area contributed by atoms with E-state index in [-0.39, 0.29) is 0 Å². The zero-order chi connectivity index (χ0) is 13.1. The number of halogens is 1. The van der Waals surface area contributed by atoms with Crippen molar-refractivity contribution in [3.8, 4) is 11.5 Å². The average Bonchev–Trinajstić information content (AvgIpc) is 2.46. The highest BCUT2D eigenvalue weighted by molar-refractivity contribution is 6.33. The van der Waals surface area contributed by atoms with Crippen LogP contribution in [0.5, 0.6) is 11.5 Å². The van der Waals surface area contributed by atoms with Crippen molar-refractivity contribution in [3.63, 3.8) is 0 Å². The van der Waals surface area contributed by atoms with E-state index in [4.69, 9.17) is 25.8 Å². The number of hydrogen-bond acceptors (Lipinski definition) is 4. The van der Waals surface area contributed by atoms with Gasteiger partial charge < -0.3 is 19.5 Å². The summed E-state index contributed by atoms with van der Waals surface area (Å²) in [5.41, 5.74) is 0.900. The molecule has 0 amide bonds. The van der Waals surface area contributed by atoms with E-state index in [0.29, 0.717) is 24.2 Å². The van der Waals surface area contributed by atoms with Crippen molar-refractivity contribution in [2.24, 2.45) is 5.92 Å². The highest BCUT2D eigenvalue weighted by Crippen LogP contribution is 2.38. The van der Waals surface area contributed by atoms with Gasteiger partial charge in [-0.05, 0) is 18.8 Å². The monoisotopic (exact) mass is 283 g/mol. The molecular formula is C14H18ClNO3. The molecule has 2 aliphatic heterocycles. The lowest BCUT2D eigenvalue weighted by atomic mass is 10.0. The first-order valence-electron chi connectivity index (χ1n) is 6.73. The fraction of sp³-hybridized carbons (Fsp3) is 0.571. The molecule has 4 nitrogen and oxygen atoms in total. The van der Waals surface area contributed by atoms with Crippen LogP contribution in [0.1, 0.15) is 12.8 Å². The van der Waals surface area contributed by atoms with Crippen LogP contribution in [0, 0.1) is 5.92 Å². The minimum Gasteiger partial charge on any atom is -0.486 e. The summed E-state index contributed by atoms with van der Waals surface area (Å²) in [5, 5.41) is 4.05. The van der Waals surface area contributed by atoms with Crippen molar-refractivity contribution < 1.29 is 14.2 Å². The maximum absolute atomic E-state index is 6.25. The van der Waals surface area contributed by atoms with Gasteiger partial charge in [0, 0.05) is 25.3 Å². The molecule has 0 bridgehead atoms. The van der Waals surface area contributed by atoms with Crippen molar-refractivity contribution in [2.45, 2.75) is 12.8 Å². The Morgan fingerprint density at radius 1 is 1.16 bits per heavy atom. The Balaban J connectivity index is 1.66. The van der Waals surface area contributed by atoms with Crippen LogP contribution >= 0.6 is 11.6 Å². The molecule has 1 unspecified atom stereocenters. The summed E-state index contributed by atoms with van der Waals surface area (Å²) in [6.45, 7) is 3.76. The third kappa shape index (κ3) is 3.07. The maximum Gasteiger partial charge on any atom is 0.163 e. The van der Waals surface area contributed by atoms with Crippen LogP contribution in [0.2, 0.25) is 5.02 Å². The summed E-state index contributed by atoms with van der Waals surface area (Å²) >= 11 is 6.25. The Morgan fingerprint density at radius 2 is 1.95 bits per heavy atom. The number of nitrogens with one attached hydrogen (secondary N) is 1. The van der Waals surface area contributed by atoms with E-state index in [1.807, 2.05) is 12.1 Å². The fourth-order valence-corrected chi connectivity index (χ4v) is 2.64. The molecule has 1 fully saturated rings. The summed E-state index contributed by atoms with van der Waals surface area (Å²) in [5.74, 6) is 2.04. The predicted molar refractivity (Wildman–Crippen MR) is 74.5 cm³/mol. The molecule has 19 heavy (non-hydrogen) atoms. The Hall–Kier alpha value is -1.13. The van der Waals surface area contributed by atoms with Gasteiger partial charge in [-0.2, -0.15) is 0 Å². The molecule has 1 aromatic carbocycles. The Bertz CT molecular complexity index is 447. The highest BCUT2D eigenvalue weighted by atomic mass is 35.5. The van der Waals surface area contributed by atoms with Crippen LogP contribution in [0.25, 0.3) is 0 Å². The first-order valence-corrected chi connectivity index (χ1v) is 7.11. The Morgan fingerprint density at radius 3 is 2.68 bits per heavy atom. The zero-order valence-electron chi connectivity index (χ0n) is 10.8. The topological polar surface area (TPSA) is 39.7 Å². The van der Waals surface area contributed by atoms with E-state index in [1.54, 1.807) is 0 Å². The number of hydrogen-bond donors (Lipinski definition) is 1. The van der Waals surface area contributed by atoms with E-state index in [1.165, 1.54) is 6.42 Å². The van der Waals surface area contributed by atoms with E-state index >= 15 is 0 Å². The van der Waals surface area contributed by atoms with E-state index < -0.39 is 0 Å². The van der Waals surface area contributed by atoms with Gasteiger partial charge in [0.05, 0.1) is 17.3 Å². The normalized spacial score (nSPS) is 22.1. The average molecular weight is 284 g/mol. The van der Waals surface area contributed by atoms with Crippen LogP contribution in [0.15, 0.2) is 12.1 Å². The third-order valence-corrected chi connectivity index (χ3v) is 3.78. The Kier molecular flexibility index (Phi) is 3.99. The van der Waals surface area contributed by atoms with E-state index in [9.17, 15) is 0 Å².